The van der Waals surface area contributed by atoms with Crippen molar-refractivity contribution in [2.24, 2.45) is 0 Å². The third kappa shape index (κ3) is 2.74. The van der Waals surface area contributed by atoms with E-state index in [9.17, 15) is 4.79 Å². The van der Waals surface area contributed by atoms with Crippen LogP contribution in [0, 0.1) is 0 Å². The summed E-state index contributed by atoms with van der Waals surface area (Å²) >= 11 is 5.95. The van der Waals surface area contributed by atoms with Crippen molar-refractivity contribution in [2.45, 2.75) is 26.4 Å². The molecule has 2 nitrogen and oxygen atoms in total. The van der Waals surface area contributed by atoms with Gasteiger partial charge in [-0.1, -0.05) is 36.7 Å². The first-order valence-corrected chi connectivity index (χ1v) is 4.96. The molecule has 0 saturated carbocycles. The second-order valence-electron chi connectivity index (χ2n) is 3.01. The van der Waals surface area contributed by atoms with Crippen LogP contribution in [0.2, 0.25) is 5.02 Å². The van der Waals surface area contributed by atoms with E-state index in [2.05, 4.69) is 0 Å². The van der Waals surface area contributed by atoms with Crippen molar-refractivity contribution in [3.63, 3.8) is 0 Å². The summed E-state index contributed by atoms with van der Waals surface area (Å²) in [5.41, 5.74) is 0.843. The van der Waals surface area contributed by atoms with Gasteiger partial charge < -0.3 is 4.74 Å². The molecular weight excluding hydrogens is 200 g/mol. The Morgan fingerprint density at radius 3 is 2.71 bits per heavy atom. The van der Waals surface area contributed by atoms with E-state index in [1.54, 1.807) is 13.0 Å². The first-order valence-electron chi connectivity index (χ1n) is 4.59. The molecular formula is C11H13ClO2. The van der Waals surface area contributed by atoms with E-state index < -0.39 is 0 Å². The highest BCUT2D eigenvalue weighted by Crippen LogP contribution is 2.24. The zero-order valence-electron chi connectivity index (χ0n) is 8.29. The monoisotopic (exact) mass is 212 g/mol. The fourth-order valence-electron chi connectivity index (χ4n) is 1.15. The summed E-state index contributed by atoms with van der Waals surface area (Å²) in [5, 5.41) is 0.629. The van der Waals surface area contributed by atoms with E-state index in [0.29, 0.717) is 11.4 Å². The number of benzene rings is 1. The van der Waals surface area contributed by atoms with Crippen LogP contribution in [0.5, 0.6) is 0 Å². The Labute approximate surface area is 88.8 Å². The Morgan fingerprint density at radius 2 is 2.14 bits per heavy atom. The molecule has 14 heavy (non-hydrogen) atoms. The molecule has 0 N–H and O–H groups in total. The molecule has 0 saturated heterocycles. The topological polar surface area (TPSA) is 26.3 Å². The molecule has 0 aliphatic heterocycles. The second-order valence-corrected chi connectivity index (χ2v) is 3.41. The summed E-state index contributed by atoms with van der Waals surface area (Å²) < 4.78 is 5.14. The minimum absolute atomic E-state index is 0.211. The van der Waals surface area contributed by atoms with Gasteiger partial charge in [0.25, 0.3) is 0 Å². The Bertz CT molecular complexity index is 323. The number of carbonyl (C=O) groups excluding carboxylic acids is 1. The van der Waals surface area contributed by atoms with Crippen molar-refractivity contribution >= 4 is 17.6 Å². The predicted octanol–water partition coefficient (Wildman–Crippen LogP) is 3.35. The van der Waals surface area contributed by atoms with Crippen LogP contribution in [0.3, 0.4) is 0 Å². The zero-order chi connectivity index (χ0) is 10.6. The standard InChI is InChI=1S/C11H13ClO2/c1-3-11(13)14-8(2)9-6-4-5-7-10(9)12/h4-8H,3H2,1-2H3/t8-/m1/s1. The highest BCUT2D eigenvalue weighted by atomic mass is 35.5. The van der Waals surface area contributed by atoms with Gasteiger partial charge in [0.15, 0.2) is 0 Å². The third-order valence-electron chi connectivity index (χ3n) is 1.94. The molecule has 0 spiro atoms. The first kappa shape index (κ1) is 11.1. The summed E-state index contributed by atoms with van der Waals surface area (Å²) in [6, 6.07) is 7.36. The van der Waals surface area contributed by atoms with Crippen LogP contribution in [0.4, 0.5) is 0 Å². The maximum absolute atomic E-state index is 11.0. The Morgan fingerprint density at radius 1 is 1.50 bits per heavy atom. The molecule has 0 radical (unpaired) electrons. The van der Waals surface area contributed by atoms with Gasteiger partial charge >= 0.3 is 5.97 Å². The van der Waals surface area contributed by atoms with Crippen LogP contribution in [-0.4, -0.2) is 5.97 Å². The van der Waals surface area contributed by atoms with Crippen LogP contribution in [0.15, 0.2) is 24.3 Å². The molecule has 0 aliphatic carbocycles. The Balaban J connectivity index is 2.74. The van der Waals surface area contributed by atoms with E-state index >= 15 is 0 Å². The third-order valence-corrected chi connectivity index (χ3v) is 2.28. The number of carbonyl (C=O) groups is 1. The number of esters is 1. The van der Waals surface area contributed by atoms with Crippen molar-refractivity contribution in [2.75, 3.05) is 0 Å². The molecule has 1 rings (SSSR count). The largest absolute Gasteiger partial charge is 0.458 e. The average Bonchev–Trinajstić information content (AvgIpc) is 2.18. The molecule has 0 aromatic heterocycles. The SMILES string of the molecule is CCC(=O)O[C@H](C)c1ccccc1Cl. The number of rotatable bonds is 3. The molecule has 76 valence electrons. The molecule has 0 aliphatic rings. The number of hydrogen-bond acceptors (Lipinski definition) is 2. The van der Waals surface area contributed by atoms with Gasteiger partial charge in [-0.15, -0.1) is 0 Å². The van der Waals surface area contributed by atoms with Gasteiger partial charge in [0, 0.05) is 17.0 Å². The van der Waals surface area contributed by atoms with E-state index in [1.165, 1.54) is 0 Å². The fourth-order valence-corrected chi connectivity index (χ4v) is 1.44. The average molecular weight is 213 g/mol. The van der Waals surface area contributed by atoms with E-state index in [1.807, 2.05) is 25.1 Å². The summed E-state index contributed by atoms with van der Waals surface area (Å²) in [6.07, 6.45) is 0.102. The lowest BCUT2D eigenvalue weighted by atomic mass is 10.1. The van der Waals surface area contributed by atoms with Gasteiger partial charge in [0.2, 0.25) is 0 Å². The van der Waals surface area contributed by atoms with Crippen LogP contribution < -0.4 is 0 Å². The van der Waals surface area contributed by atoms with Crippen molar-refractivity contribution in [3.05, 3.63) is 34.9 Å². The smallest absolute Gasteiger partial charge is 0.306 e. The highest BCUT2D eigenvalue weighted by Gasteiger charge is 2.12. The van der Waals surface area contributed by atoms with Crippen LogP contribution in [-0.2, 0) is 9.53 Å². The van der Waals surface area contributed by atoms with Crippen molar-refractivity contribution < 1.29 is 9.53 Å². The maximum Gasteiger partial charge on any atom is 0.306 e. The minimum atomic E-state index is -0.281. The maximum atomic E-state index is 11.0. The van der Waals surface area contributed by atoms with Crippen LogP contribution in [0.25, 0.3) is 0 Å². The molecule has 0 heterocycles. The Kier molecular flexibility index (Phi) is 3.96. The highest BCUT2D eigenvalue weighted by molar-refractivity contribution is 6.31. The fraction of sp³-hybridized carbons (Fsp3) is 0.364. The molecule has 1 atom stereocenters. The van der Waals surface area contributed by atoms with E-state index in [-0.39, 0.29) is 12.1 Å². The van der Waals surface area contributed by atoms with E-state index in [4.69, 9.17) is 16.3 Å². The molecule has 3 heteroatoms. The molecule has 1 aromatic rings. The zero-order valence-corrected chi connectivity index (χ0v) is 9.04. The van der Waals surface area contributed by atoms with Gasteiger partial charge in [-0.05, 0) is 13.0 Å². The van der Waals surface area contributed by atoms with Crippen molar-refractivity contribution in [3.8, 4) is 0 Å². The number of halogens is 1. The lowest BCUT2D eigenvalue weighted by Gasteiger charge is -2.14. The quantitative estimate of drug-likeness (QED) is 0.719. The van der Waals surface area contributed by atoms with Gasteiger partial charge in [-0.3, -0.25) is 4.79 Å². The molecule has 1 aromatic carbocycles. The van der Waals surface area contributed by atoms with Gasteiger partial charge in [-0.25, -0.2) is 0 Å². The van der Waals surface area contributed by atoms with Crippen LogP contribution >= 0.6 is 11.6 Å². The molecule has 0 unspecified atom stereocenters. The van der Waals surface area contributed by atoms with Gasteiger partial charge in [-0.2, -0.15) is 0 Å². The van der Waals surface area contributed by atoms with Crippen molar-refractivity contribution in [1.82, 2.24) is 0 Å². The normalized spacial score (nSPS) is 12.2. The first-order chi connectivity index (χ1) is 6.65. The minimum Gasteiger partial charge on any atom is -0.458 e. The molecule has 0 amide bonds. The van der Waals surface area contributed by atoms with Crippen LogP contribution in [0.1, 0.15) is 31.9 Å². The lowest BCUT2D eigenvalue weighted by molar-refractivity contribution is -0.148. The molecule has 0 fully saturated rings. The van der Waals surface area contributed by atoms with Gasteiger partial charge in [0.05, 0.1) is 0 Å². The molecule has 0 bridgehead atoms. The van der Waals surface area contributed by atoms with Crippen molar-refractivity contribution in [1.29, 1.82) is 0 Å². The summed E-state index contributed by atoms with van der Waals surface area (Å²) in [7, 11) is 0. The summed E-state index contributed by atoms with van der Waals surface area (Å²) in [5.74, 6) is -0.211. The summed E-state index contributed by atoms with van der Waals surface area (Å²) in [6.45, 7) is 3.58. The number of hydrogen-bond donors (Lipinski definition) is 0. The van der Waals surface area contributed by atoms with Gasteiger partial charge in [0.1, 0.15) is 6.10 Å². The summed E-state index contributed by atoms with van der Waals surface area (Å²) in [4.78, 5) is 11.0. The predicted molar refractivity (Wildman–Crippen MR) is 56.3 cm³/mol. The Hall–Kier alpha value is -1.02. The number of ether oxygens (including phenoxy) is 1. The second kappa shape index (κ2) is 5.01. The lowest BCUT2D eigenvalue weighted by Crippen LogP contribution is -2.07. The van der Waals surface area contributed by atoms with E-state index in [0.717, 1.165) is 5.56 Å².